The minimum absolute atomic E-state index is 0.364. The van der Waals surface area contributed by atoms with Crippen LogP contribution in [0, 0.1) is 6.92 Å². The first-order valence-electron chi connectivity index (χ1n) is 6.44. The number of amides is 1. The summed E-state index contributed by atoms with van der Waals surface area (Å²) in [4.78, 5) is 15.6. The molecule has 0 unspecified atom stereocenters. The zero-order valence-electron chi connectivity index (χ0n) is 11.6. The SMILES string of the molecule is CCOC(=O)NCCc1ccc2c(c1)nc(C)n2C. The molecule has 1 aromatic carbocycles. The molecule has 1 heterocycles. The Morgan fingerprint density at radius 1 is 1.47 bits per heavy atom. The maximum Gasteiger partial charge on any atom is 0.407 e. The zero-order chi connectivity index (χ0) is 13.8. The number of aromatic nitrogens is 2. The summed E-state index contributed by atoms with van der Waals surface area (Å²) in [5, 5.41) is 2.71. The van der Waals surface area contributed by atoms with Crippen molar-refractivity contribution in [3.63, 3.8) is 0 Å². The monoisotopic (exact) mass is 261 g/mol. The highest BCUT2D eigenvalue weighted by atomic mass is 16.5. The third-order valence-corrected chi connectivity index (χ3v) is 3.13. The molecule has 0 aliphatic rings. The van der Waals surface area contributed by atoms with Gasteiger partial charge in [-0.05, 0) is 38.0 Å². The number of nitrogens with zero attached hydrogens (tertiary/aromatic N) is 2. The van der Waals surface area contributed by atoms with E-state index in [0.717, 1.165) is 28.8 Å². The van der Waals surface area contributed by atoms with E-state index >= 15 is 0 Å². The van der Waals surface area contributed by atoms with Gasteiger partial charge in [-0.25, -0.2) is 9.78 Å². The Bertz CT molecular complexity index is 590. The molecule has 0 aliphatic carbocycles. The van der Waals surface area contributed by atoms with Crippen LogP contribution in [0.2, 0.25) is 0 Å². The molecule has 0 fully saturated rings. The van der Waals surface area contributed by atoms with Crippen LogP contribution in [0.15, 0.2) is 18.2 Å². The van der Waals surface area contributed by atoms with Crippen molar-refractivity contribution in [3.8, 4) is 0 Å². The average molecular weight is 261 g/mol. The first-order valence-corrected chi connectivity index (χ1v) is 6.44. The van der Waals surface area contributed by atoms with Crippen LogP contribution in [-0.2, 0) is 18.2 Å². The second-order valence-electron chi connectivity index (χ2n) is 4.44. The van der Waals surface area contributed by atoms with E-state index in [1.165, 1.54) is 0 Å². The lowest BCUT2D eigenvalue weighted by Crippen LogP contribution is -2.26. The summed E-state index contributed by atoms with van der Waals surface area (Å²) in [6.45, 7) is 4.74. The second kappa shape index (κ2) is 5.73. The molecule has 2 rings (SSSR count). The van der Waals surface area contributed by atoms with Crippen molar-refractivity contribution < 1.29 is 9.53 Å². The number of rotatable bonds is 4. The van der Waals surface area contributed by atoms with Crippen molar-refractivity contribution in [1.29, 1.82) is 0 Å². The van der Waals surface area contributed by atoms with Crippen molar-refractivity contribution in [3.05, 3.63) is 29.6 Å². The number of hydrogen-bond donors (Lipinski definition) is 1. The largest absolute Gasteiger partial charge is 0.450 e. The highest BCUT2D eigenvalue weighted by Gasteiger charge is 2.05. The molecular formula is C14H19N3O2. The summed E-state index contributed by atoms with van der Waals surface area (Å²) < 4.78 is 6.87. The highest BCUT2D eigenvalue weighted by Crippen LogP contribution is 2.16. The lowest BCUT2D eigenvalue weighted by atomic mass is 10.1. The minimum Gasteiger partial charge on any atom is -0.450 e. The summed E-state index contributed by atoms with van der Waals surface area (Å²) in [6.07, 6.45) is 0.405. The third kappa shape index (κ3) is 3.05. The quantitative estimate of drug-likeness (QED) is 0.917. The molecule has 0 bridgehead atoms. The van der Waals surface area contributed by atoms with E-state index < -0.39 is 0 Å². The van der Waals surface area contributed by atoms with Gasteiger partial charge in [0.1, 0.15) is 5.82 Å². The Balaban J connectivity index is 2.00. The number of ether oxygens (including phenoxy) is 1. The summed E-state index contributed by atoms with van der Waals surface area (Å²) in [6, 6.07) is 6.19. The molecule has 19 heavy (non-hydrogen) atoms. The molecule has 0 saturated heterocycles. The van der Waals surface area contributed by atoms with Crippen LogP contribution in [0.3, 0.4) is 0 Å². The van der Waals surface area contributed by atoms with Crippen molar-refractivity contribution in [2.75, 3.05) is 13.2 Å². The molecule has 2 aromatic rings. The van der Waals surface area contributed by atoms with Gasteiger partial charge in [-0.1, -0.05) is 6.07 Å². The Morgan fingerprint density at radius 3 is 3.00 bits per heavy atom. The molecule has 1 N–H and O–H groups in total. The molecule has 102 valence electrons. The second-order valence-corrected chi connectivity index (χ2v) is 4.44. The fourth-order valence-corrected chi connectivity index (χ4v) is 2.01. The predicted octanol–water partition coefficient (Wildman–Crippen LogP) is 2.17. The van der Waals surface area contributed by atoms with Crippen molar-refractivity contribution in [2.24, 2.45) is 7.05 Å². The molecule has 5 heteroatoms. The predicted molar refractivity (Wildman–Crippen MR) is 74.2 cm³/mol. The summed E-state index contributed by atoms with van der Waals surface area (Å²) in [5.41, 5.74) is 3.27. The van der Waals surface area contributed by atoms with Crippen molar-refractivity contribution in [1.82, 2.24) is 14.9 Å². The minimum atomic E-state index is -0.364. The van der Waals surface area contributed by atoms with Crippen LogP contribution < -0.4 is 5.32 Å². The molecule has 0 saturated carbocycles. The van der Waals surface area contributed by atoms with Gasteiger partial charge in [-0.2, -0.15) is 0 Å². The zero-order valence-corrected chi connectivity index (χ0v) is 11.6. The maximum atomic E-state index is 11.1. The first-order chi connectivity index (χ1) is 9.11. The number of hydrogen-bond acceptors (Lipinski definition) is 3. The fraction of sp³-hybridized carbons (Fsp3) is 0.429. The molecule has 0 spiro atoms. The Kier molecular flexibility index (Phi) is 4.04. The van der Waals surface area contributed by atoms with E-state index in [1.54, 1.807) is 6.92 Å². The van der Waals surface area contributed by atoms with Crippen LogP contribution in [0.4, 0.5) is 4.79 Å². The van der Waals surface area contributed by atoms with Gasteiger partial charge in [0.05, 0.1) is 17.6 Å². The number of carbonyl (C=O) groups excluding carboxylic acids is 1. The van der Waals surface area contributed by atoms with E-state index in [0.29, 0.717) is 13.2 Å². The van der Waals surface area contributed by atoms with Gasteiger partial charge in [0.25, 0.3) is 0 Å². The number of carbonyl (C=O) groups is 1. The van der Waals surface area contributed by atoms with Crippen molar-refractivity contribution in [2.45, 2.75) is 20.3 Å². The number of fused-ring (bicyclic) bond motifs is 1. The molecule has 0 aliphatic heterocycles. The topological polar surface area (TPSA) is 56.1 Å². The molecule has 0 radical (unpaired) electrons. The molecule has 1 aromatic heterocycles. The van der Waals surface area contributed by atoms with Crippen LogP contribution in [0.1, 0.15) is 18.3 Å². The Labute approximate surface area is 112 Å². The number of aryl methyl sites for hydroxylation is 2. The van der Waals surface area contributed by atoms with E-state index in [9.17, 15) is 4.79 Å². The smallest absolute Gasteiger partial charge is 0.407 e. The van der Waals surface area contributed by atoms with Gasteiger partial charge in [0.15, 0.2) is 0 Å². The van der Waals surface area contributed by atoms with Gasteiger partial charge in [-0.3, -0.25) is 0 Å². The normalized spacial score (nSPS) is 10.7. The summed E-state index contributed by atoms with van der Waals surface area (Å²) >= 11 is 0. The van der Waals surface area contributed by atoms with Gasteiger partial charge >= 0.3 is 6.09 Å². The summed E-state index contributed by atoms with van der Waals surface area (Å²) in [7, 11) is 2.01. The number of imidazole rings is 1. The first kappa shape index (κ1) is 13.4. The number of alkyl carbamates (subject to hydrolysis) is 1. The average Bonchev–Trinajstić information content (AvgIpc) is 2.65. The van der Waals surface area contributed by atoms with E-state index in [4.69, 9.17) is 4.74 Å². The van der Waals surface area contributed by atoms with Crippen LogP contribution in [0.5, 0.6) is 0 Å². The standard InChI is InChI=1S/C14H19N3O2/c1-4-19-14(18)15-8-7-11-5-6-13-12(9-11)16-10(2)17(13)3/h5-6,9H,4,7-8H2,1-3H3,(H,15,18). The highest BCUT2D eigenvalue weighted by molar-refractivity contribution is 5.76. The van der Waals surface area contributed by atoms with E-state index in [1.807, 2.05) is 14.0 Å². The Morgan fingerprint density at radius 2 is 2.26 bits per heavy atom. The maximum absolute atomic E-state index is 11.1. The summed E-state index contributed by atoms with van der Waals surface area (Å²) in [5.74, 6) is 0.997. The van der Waals surface area contributed by atoms with Gasteiger partial charge < -0.3 is 14.6 Å². The van der Waals surface area contributed by atoms with E-state index in [-0.39, 0.29) is 6.09 Å². The fourth-order valence-electron chi connectivity index (χ4n) is 2.01. The van der Waals surface area contributed by atoms with Gasteiger partial charge in [0.2, 0.25) is 0 Å². The van der Waals surface area contributed by atoms with E-state index in [2.05, 4.69) is 33.1 Å². The molecule has 5 nitrogen and oxygen atoms in total. The van der Waals surface area contributed by atoms with Crippen LogP contribution >= 0.6 is 0 Å². The van der Waals surface area contributed by atoms with Gasteiger partial charge in [-0.15, -0.1) is 0 Å². The van der Waals surface area contributed by atoms with Crippen LogP contribution in [-0.4, -0.2) is 28.8 Å². The molecule has 0 atom stereocenters. The Hall–Kier alpha value is -2.04. The molecular weight excluding hydrogens is 242 g/mol. The molecule has 1 amide bonds. The number of benzene rings is 1. The third-order valence-electron chi connectivity index (χ3n) is 3.13. The van der Waals surface area contributed by atoms with Gasteiger partial charge in [0, 0.05) is 13.6 Å². The van der Waals surface area contributed by atoms with Crippen molar-refractivity contribution >= 4 is 17.1 Å². The lowest BCUT2D eigenvalue weighted by molar-refractivity contribution is 0.152. The van der Waals surface area contributed by atoms with Crippen LogP contribution in [0.25, 0.3) is 11.0 Å². The number of nitrogens with one attached hydrogen (secondary N) is 1. The lowest BCUT2D eigenvalue weighted by Gasteiger charge is -2.05.